The van der Waals surface area contributed by atoms with Gasteiger partial charge in [-0.3, -0.25) is 0 Å². The second-order valence-corrected chi connectivity index (χ2v) is 4.96. The number of nitrogen functional groups attached to an aromatic ring is 1. The van der Waals surface area contributed by atoms with E-state index in [9.17, 15) is 0 Å². The van der Waals surface area contributed by atoms with Gasteiger partial charge in [0.2, 0.25) is 0 Å². The monoisotopic (exact) mass is 234 g/mol. The van der Waals surface area contributed by atoms with Gasteiger partial charge >= 0.3 is 0 Å². The number of pyridine rings is 1. The third-order valence-electron chi connectivity index (χ3n) is 2.19. The molecular weight excluding hydrogens is 220 g/mol. The smallest absolute Gasteiger partial charge is 0.128 e. The highest BCUT2D eigenvalue weighted by Gasteiger charge is 2.23. The molecule has 2 rings (SSSR count). The summed E-state index contributed by atoms with van der Waals surface area (Å²) in [6, 6.07) is 3.58. The number of thiazole rings is 1. The maximum Gasteiger partial charge on any atom is 0.128 e. The molecule has 0 spiro atoms. The number of nitrogens with zero attached hydrogens (tertiary/aromatic N) is 2. The van der Waals surface area contributed by atoms with E-state index in [-0.39, 0.29) is 5.54 Å². The lowest BCUT2D eigenvalue weighted by Gasteiger charge is -2.24. The van der Waals surface area contributed by atoms with E-state index in [0.29, 0.717) is 5.69 Å². The Morgan fingerprint density at radius 1 is 1.31 bits per heavy atom. The summed E-state index contributed by atoms with van der Waals surface area (Å²) in [5, 5.41) is 6.31. The normalized spacial score (nSPS) is 11.4. The van der Waals surface area contributed by atoms with Crippen molar-refractivity contribution in [3.8, 4) is 0 Å². The Labute approximate surface area is 98.6 Å². The molecule has 0 amide bonds. The lowest BCUT2D eigenvalue weighted by Crippen LogP contribution is -2.28. The molecule has 2 aromatic heterocycles. The van der Waals surface area contributed by atoms with Crippen LogP contribution in [0.15, 0.2) is 29.9 Å². The van der Waals surface area contributed by atoms with Crippen LogP contribution >= 0.6 is 11.3 Å². The van der Waals surface area contributed by atoms with E-state index in [1.165, 1.54) is 0 Å². The van der Waals surface area contributed by atoms with Gasteiger partial charge < -0.3 is 11.1 Å². The summed E-state index contributed by atoms with van der Waals surface area (Å²) in [7, 11) is 0. The summed E-state index contributed by atoms with van der Waals surface area (Å²) in [6.45, 7) is 4.13. The van der Waals surface area contributed by atoms with Gasteiger partial charge in [-0.1, -0.05) is 0 Å². The van der Waals surface area contributed by atoms with Crippen LogP contribution in [0, 0.1) is 0 Å². The van der Waals surface area contributed by atoms with Crippen molar-refractivity contribution >= 4 is 22.8 Å². The molecule has 0 unspecified atom stereocenters. The van der Waals surface area contributed by atoms with Crippen molar-refractivity contribution in [2.75, 3.05) is 11.1 Å². The number of aromatic nitrogens is 2. The van der Waals surface area contributed by atoms with E-state index >= 15 is 0 Å². The Morgan fingerprint density at radius 3 is 2.75 bits per heavy atom. The summed E-state index contributed by atoms with van der Waals surface area (Å²) in [5.74, 6) is 0.764. The van der Waals surface area contributed by atoms with Crippen LogP contribution in [0.5, 0.6) is 0 Å². The average Bonchev–Trinajstić information content (AvgIpc) is 2.69. The molecule has 0 aliphatic heterocycles. The summed E-state index contributed by atoms with van der Waals surface area (Å²) >= 11 is 1.62. The van der Waals surface area contributed by atoms with Crippen LogP contribution in [0.1, 0.15) is 18.9 Å². The van der Waals surface area contributed by atoms with Gasteiger partial charge in [-0.25, -0.2) is 9.97 Å². The van der Waals surface area contributed by atoms with Crippen molar-refractivity contribution < 1.29 is 0 Å². The molecule has 0 bridgehead atoms. The number of hydrogen-bond donors (Lipinski definition) is 2. The first-order valence-electron chi connectivity index (χ1n) is 4.97. The van der Waals surface area contributed by atoms with Gasteiger partial charge in [0.15, 0.2) is 0 Å². The lowest BCUT2D eigenvalue weighted by atomic mass is 10.1. The Bertz CT molecular complexity index is 465. The van der Waals surface area contributed by atoms with E-state index in [1.54, 1.807) is 29.8 Å². The van der Waals surface area contributed by atoms with Gasteiger partial charge in [-0.15, -0.1) is 11.3 Å². The van der Waals surface area contributed by atoms with Gasteiger partial charge in [-0.05, 0) is 19.9 Å². The van der Waals surface area contributed by atoms with E-state index in [1.807, 2.05) is 11.4 Å². The summed E-state index contributed by atoms with van der Waals surface area (Å²) in [4.78, 5) is 8.52. The van der Waals surface area contributed by atoms with Crippen LogP contribution < -0.4 is 11.1 Å². The fourth-order valence-corrected chi connectivity index (χ4v) is 2.14. The van der Waals surface area contributed by atoms with Crippen molar-refractivity contribution in [2.45, 2.75) is 19.4 Å². The van der Waals surface area contributed by atoms with E-state index < -0.39 is 0 Å². The molecule has 0 radical (unpaired) electrons. The maximum absolute atomic E-state index is 5.70. The Kier molecular flexibility index (Phi) is 2.78. The van der Waals surface area contributed by atoms with Crippen LogP contribution in [0.4, 0.5) is 11.5 Å². The standard InChI is InChI=1S/C11H14N4S/c1-11(2,10-14-5-6-16-10)15-9-7-8(12)3-4-13-9/h3-7H,1-2H3,(H3,12,13,15). The molecule has 4 nitrogen and oxygen atoms in total. The molecule has 0 aliphatic rings. The van der Waals surface area contributed by atoms with Crippen LogP contribution in [0.3, 0.4) is 0 Å². The Morgan fingerprint density at radius 2 is 2.12 bits per heavy atom. The predicted molar refractivity (Wildman–Crippen MR) is 67.4 cm³/mol. The summed E-state index contributed by atoms with van der Waals surface area (Å²) in [5.41, 5.74) is 6.16. The lowest BCUT2D eigenvalue weighted by molar-refractivity contribution is 0.601. The Balaban J connectivity index is 2.21. The predicted octanol–water partition coefficient (Wildman–Crippen LogP) is 2.47. The second kappa shape index (κ2) is 4.09. The Hall–Kier alpha value is -1.62. The molecule has 0 saturated heterocycles. The molecule has 2 heterocycles. The van der Waals surface area contributed by atoms with E-state index in [4.69, 9.17) is 5.73 Å². The van der Waals surface area contributed by atoms with Crippen LogP contribution in [0.25, 0.3) is 0 Å². The van der Waals surface area contributed by atoms with E-state index in [0.717, 1.165) is 10.8 Å². The van der Waals surface area contributed by atoms with E-state index in [2.05, 4.69) is 29.1 Å². The summed E-state index contributed by atoms with van der Waals surface area (Å²) in [6.07, 6.45) is 3.49. The molecule has 5 heteroatoms. The molecule has 0 fully saturated rings. The highest BCUT2D eigenvalue weighted by molar-refractivity contribution is 7.09. The van der Waals surface area contributed by atoms with Crippen molar-refractivity contribution in [1.82, 2.24) is 9.97 Å². The SMILES string of the molecule is CC(C)(Nc1cc(N)ccn1)c1nccs1. The van der Waals surface area contributed by atoms with Crippen LogP contribution in [0.2, 0.25) is 0 Å². The molecule has 84 valence electrons. The molecule has 2 aromatic rings. The van der Waals surface area contributed by atoms with Crippen molar-refractivity contribution in [2.24, 2.45) is 0 Å². The zero-order chi connectivity index (χ0) is 11.6. The van der Waals surface area contributed by atoms with Gasteiger partial charge in [0.25, 0.3) is 0 Å². The fourth-order valence-electron chi connectivity index (χ4n) is 1.42. The molecule has 0 aromatic carbocycles. The molecule has 0 aliphatic carbocycles. The van der Waals surface area contributed by atoms with Gasteiger partial charge in [0, 0.05) is 29.5 Å². The number of nitrogens with two attached hydrogens (primary N) is 1. The second-order valence-electron chi connectivity index (χ2n) is 4.06. The third kappa shape index (κ3) is 2.30. The molecular formula is C11H14N4S. The highest BCUT2D eigenvalue weighted by atomic mass is 32.1. The molecule has 0 saturated carbocycles. The zero-order valence-corrected chi connectivity index (χ0v) is 10.1. The third-order valence-corrected chi connectivity index (χ3v) is 3.29. The topological polar surface area (TPSA) is 63.8 Å². The maximum atomic E-state index is 5.70. The minimum atomic E-state index is -0.241. The first kappa shape index (κ1) is 10.9. The van der Waals surface area contributed by atoms with Crippen molar-refractivity contribution in [3.05, 3.63) is 34.9 Å². The largest absolute Gasteiger partial charge is 0.399 e. The van der Waals surface area contributed by atoms with Crippen LogP contribution in [-0.4, -0.2) is 9.97 Å². The van der Waals surface area contributed by atoms with Gasteiger partial charge in [-0.2, -0.15) is 0 Å². The first-order valence-corrected chi connectivity index (χ1v) is 5.85. The minimum absolute atomic E-state index is 0.241. The van der Waals surface area contributed by atoms with Crippen molar-refractivity contribution in [1.29, 1.82) is 0 Å². The number of nitrogens with one attached hydrogen (secondary N) is 1. The molecule has 16 heavy (non-hydrogen) atoms. The molecule has 3 N–H and O–H groups in total. The fraction of sp³-hybridized carbons (Fsp3) is 0.273. The van der Waals surface area contributed by atoms with Crippen molar-refractivity contribution in [3.63, 3.8) is 0 Å². The quantitative estimate of drug-likeness (QED) is 0.856. The van der Waals surface area contributed by atoms with Gasteiger partial charge in [0.05, 0.1) is 5.54 Å². The first-order chi connectivity index (χ1) is 7.58. The average molecular weight is 234 g/mol. The number of rotatable bonds is 3. The van der Waals surface area contributed by atoms with Gasteiger partial charge in [0.1, 0.15) is 10.8 Å². The molecule has 0 atom stereocenters. The highest BCUT2D eigenvalue weighted by Crippen LogP contribution is 2.26. The zero-order valence-electron chi connectivity index (χ0n) is 9.27. The minimum Gasteiger partial charge on any atom is -0.399 e. The number of hydrogen-bond acceptors (Lipinski definition) is 5. The number of anilines is 2. The van der Waals surface area contributed by atoms with Crippen LogP contribution in [-0.2, 0) is 5.54 Å². The summed E-state index contributed by atoms with van der Waals surface area (Å²) < 4.78 is 0.